The van der Waals surface area contributed by atoms with E-state index in [4.69, 9.17) is 10.5 Å². The SMILES string of the molecule is COc1c(Br)cc(Br)c2nc(N)c(C(C)(C)C)cc12. The van der Waals surface area contributed by atoms with E-state index >= 15 is 0 Å². The van der Waals surface area contributed by atoms with E-state index in [1.165, 1.54) is 0 Å². The van der Waals surface area contributed by atoms with Crippen LogP contribution in [-0.4, -0.2) is 12.1 Å². The molecular weight excluding hydrogens is 372 g/mol. The van der Waals surface area contributed by atoms with Crippen molar-refractivity contribution in [2.45, 2.75) is 26.2 Å². The van der Waals surface area contributed by atoms with Gasteiger partial charge in [-0.3, -0.25) is 0 Å². The third kappa shape index (κ3) is 2.58. The molecule has 0 unspecified atom stereocenters. The van der Waals surface area contributed by atoms with Crippen molar-refractivity contribution in [1.82, 2.24) is 4.98 Å². The Morgan fingerprint density at radius 3 is 2.32 bits per heavy atom. The Morgan fingerprint density at radius 1 is 1.16 bits per heavy atom. The van der Waals surface area contributed by atoms with Crippen LogP contribution in [0.25, 0.3) is 10.9 Å². The Kier molecular flexibility index (Phi) is 3.80. The third-order valence-electron chi connectivity index (χ3n) is 3.01. The highest BCUT2D eigenvalue weighted by atomic mass is 79.9. The molecule has 5 heteroatoms. The number of methoxy groups -OCH3 is 1. The molecule has 3 nitrogen and oxygen atoms in total. The van der Waals surface area contributed by atoms with E-state index < -0.39 is 0 Å². The molecule has 0 aliphatic rings. The highest BCUT2D eigenvalue weighted by molar-refractivity contribution is 9.11. The number of pyridine rings is 1. The summed E-state index contributed by atoms with van der Waals surface area (Å²) in [5.41, 5.74) is 7.85. The summed E-state index contributed by atoms with van der Waals surface area (Å²) in [6, 6.07) is 3.98. The van der Waals surface area contributed by atoms with Gasteiger partial charge in [-0.2, -0.15) is 0 Å². The van der Waals surface area contributed by atoms with Gasteiger partial charge >= 0.3 is 0 Å². The molecule has 0 spiro atoms. The highest BCUT2D eigenvalue weighted by Crippen LogP contribution is 2.40. The second-order valence-corrected chi connectivity index (χ2v) is 7.15. The zero-order chi connectivity index (χ0) is 14.4. The summed E-state index contributed by atoms with van der Waals surface area (Å²) in [5.74, 6) is 1.33. The number of nitrogens with zero attached hydrogens (tertiary/aromatic N) is 1. The number of nitrogen functional groups attached to an aromatic ring is 1. The van der Waals surface area contributed by atoms with Crippen LogP contribution >= 0.6 is 31.9 Å². The molecule has 0 radical (unpaired) electrons. The van der Waals surface area contributed by atoms with Crippen molar-refractivity contribution in [3.05, 3.63) is 26.6 Å². The number of nitrogens with two attached hydrogens (primary N) is 1. The Balaban J connectivity index is 2.91. The minimum absolute atomic E-state index is 0.0644. The van der Waals surface area contributed by atoms with Crippen LogP contribution < -0.4 is 10.5 Å². The number of benzene rings is 1. The predicted octanol–water partition coefficient (Wildman–Crippen LogP) is 4.65. The molecular formula is C14H16Br2N2O. The van der Waals surface area contributed by atoms with Crippen molar-refractivity contribution >= 4 is 48.6 Å². The molecule has 2 rings (SSSR count). The van der Waals surface area contributed by atoms with Gasteiger partial charge in [-0.05, 0) is 49.4 Å². The number of aromatic nitrogens is 1. The third-order valence-corrected chi connectivity index (χ3v) is 4.20. The second kappa shape index (κ2) is 4.94. The Bertz CT molecular complexity index is 648. The minimum Gasteiger partial charge on any atom is -0.495 e. The molecule has 2 aromatic rings. The van der Waals surface area contributed by atoms with Gasteiger partial charge in [0.05, 0.1) is 17.1 Å². The number of hydrogen-bond acceptors (Lipinski definition) is 3. The summed E-state index contributed by atoms with van der Waals surface area (Å²) < 4.78 is 7.25. The average Bonchev–Trinajstić information content (AvgIpc) is 2.28. The highest BCUT2D eigenvalue weighted by Gasteiger charge is 2.21. The van der Waals surface area contributed by atoms with Gasteiger partial charge in [0, 0.05) is 15.4 Å². The lowest BCUT2D eigenvalue weighted by atomic mass is 9.86. The van der Waals surface area contributed by atoms with Gasteiger partial charge in [0.25, 0.3) is 0 Å². The maximum atomic E-state index is 6.09. The molecule has 0 fully saturated rings. The van der Waals surface area contributed by atoms with Gasteiger partial charge in [0.1, 0.15) is 11.6 Å². The van der Waals surface area contributed by atoms with E-state index in [0.717, 1.165) is 31.2 Å². The molecule has 2 N–H and O–H groups in total. The lowest BCUT2D eigenvalue weighted by Gasteiger charge is -2.22. The first-order valence-electron chi connectivity index (χ1n) is 5.88. The summed E-state index contributed by atoms with van der Waals surface area (Å²) in [5, 5.41) is 0.947. The van der Waals surface area contributed by atoms with Crippen LogP contribution in [0.5, 0.6) is 5.75 Å². The molecule has 1 aromatic carbocycles. The second-order valence-electron chi connectivity index (χ2n) is 5.44. The van der Waals surface area contributed by atoms with Crippen LogP contribution in [0.4, 0.5) is 5.82 Å². The number of halogens is 2. The average molecular weight is 388 g/mol. The molecule has 19 heavy (non-hydrogen) atoms. The summed E-state index contributed by atoms with van der Waals surface area (Å²) in [4.78, 5) is 4.52. The van der Waals surface area contributed by atoms with E-state index in [0.29, 0.717) is 5.82 Å². The molecule has 0 saturated heterocycles. The molecule has 0 bridgehead atoms. The first-order valence-corrected chi connectivity index (χ1v) is 7.47. The fraction of sp³-hybridized carbons (Fsp3) is 0.357. The number of ether oxygens (including phenoxy) is 1. The summed E-state index contributed by atoms with van der Waals surface area (Å²) in [6.45, 7) is 6.35. The van der Waals surface area contributed by atoms with Crippen molar-refractivity contribution < 1.29 is 4.74 Å². The number of fused-ring (bicyclic) bond motifs is 1. The quantitative estimate of drug-likeness (QED) is 0.774. The van der Waals surface area contributed by atoms with Gasteiger partial charge in [-0.25, -0.2) is 4.98 Å². The Morgan fingerprint density at radius 2 is 1.79 bits per heavy atom. The van der Waals surface area contributed by atoms with Gasteiger partial charge in [0.15, 0.2) is 0 Å². The largest absolute Gasteiger partial charge is 0.495 e. The fourth-order valence-electron chi connectivity index (χ4n) is 2.06. The Labute approximate surface area is 129 Å². The monoisotopic (exact) mass is 386 g/mol. The van der Waals surface area contributed by atoms with Crippen molar-refractivity contribution in [1.29, 1.82) is 0 Å². The topological polar surface area (TPSA) is 48.1 Å². The first-order chi connectivity index (χ1) is 8.75. The standard InChI is InChI=1S/C14H16Br2N2O/c1-14(2,3)8-5-7-11(18-13(8)17)9(15)6-10(16)12(7)19-4/h5-6H,1-4H3,(H2,17,18). The maximum Gasteiger partial charge on any atom is 0.142 e. The fourth-order valence-corrected chi connectivity index (χ4v) is 3.51. The smallest absolute Gasteiger partial charge is 0.142 e. The number of rotatable bonds is 1. The number of hydrogen-bond donors (Lipinski definition) is 1. The van der Waals surface area contributed by atoms with Gasteiger partial charge in [-0.1, -0.05) is 20.8 Å². The van der Waals surface area contributed by atoms with Crippen LogP contribution in [0.2, 0.25) is 0 Å². The van der Waals surface area contributed by atoms with Crippen LogP contribution in [0.3, 0.4) is 0 Å². The van der Waals surface area contributed by atoms with Crippen LogP contribution in [0.15, 0.2) is 21.1 Å². The Hall–Kier alpha value is -0.810. The molecule has 0 atom stereocenters. The van der Waals surface area contributed by atoms with Crippen molar-refractivity contribution in [2.24, 2.45) is 0 Å². The number of anilines is 1. The van der Waals surface area contributed by atoms with E-state index in [2.05, 4.69) is 63.7 Å². The molecule has 1 heterocycles. The first kappa shape index (κ1) is 14.6. The van der Waals surface area contributed by atoms with E-state index in [1.54, 1.807) is 7.11 Å². The zero-order valence-electron chi connectivity index (χ0n) is 11.3. The van der Waals surface area contributed by atoms with Crippen molar-refractivity contribution in [2.75, 3.05) is 12.8 Å². The molecule has 0 amide bonds. The molecule has 0 aliphatic carbocycles. The van der Waals surface area contributed by atoms with E-state index in [1.807, 2.05) is 6.07 Å². The minimum atomic E-state index is -0.0644. The van der Waals surface area contributed by atoms with Crippen LogP contribution in [-0.2, 0) is 5.41 Å². The summed E-state index contributed by atoms with van der Waals surface area (Å²) in [6.07, 6.45) is 0. The maximum absolute atomic E-state index is 6.09. The van der Waals surface area contributed by atoms with Crippen molar-refractivity contribution in [3.63, 3.8) is 0 Å². The van der Waals surface area contributed by atoms with E-state index in [9.17, 15) is 0 Å². The molecule has 1 aromatic heterocycles. The van der Waals surface area contributed by atoms with Crippen molar-refractivity contribution in [3.8, 4) is 5.75 Å². The normalized spacial score (nSPS) is 11.9. The lowest BCUT2D eigenvalue weighted by Crippen LogP contribution is -2.15. The van der Waals surface area contributed by atoms with Crippen LogP contribution in [0.1, 0.15) is 26.3 Å². The summed E-state index contributed by atoms with van der Waals surface area (Å²) >= 11 is 7.02. The molecule has 0 aliphatic heterocycles. The van der Waals surface area contributed by atoms with E-state index in [-0.39, 0.29) is 5.41 Å². The van der Waals surface area contributed by atoms with Crippen LogP contribution in [0, 0.1) is 0 Å². The molecule has 0 saturated carbocycles. The molecule has 102 valence electrons. The lowest BCUT2D eigenvalue weighted by molar-refractivity contribution is 0.417. The van der Waals surface area contributed by atoms with Gasteiger partial charge in [0.2, 0.25) is 0 Å². The van der Waals surface area contributed by atoms with Gasteiger partial charge in [-0.15, -0.1) is 0 Å². The zero-order valence-corrected chi connectivity index (χ0v) is 14.5. The summed E-state index contributed by atoms with van der Waals surface area (Å²) in [7, 11) is 1.65. The predicted molar refractivity (Wildman–Crippen MR) is 86.8 cm³/mol. The van der Waals surface area contributed by atoms with Gasteiger partial charge < -0.3 is 10.5 Å².